The fourth-order valence-corrected chi connectivity index (χ4v) is 2.89. The van der Waals surface area contributed by atoms with E-state index in [2.05, 4.69) is 5.10 Å². The molecule has 0 aliphatic rings. The predicted octanol–water partition coefficient (Wildman–Crippen LogP) is 2.48. The molecule has 1 heterocycles. The summed E-state index contributed by atoms with van der Waals surface area (Å²) in [5, 5.41) is 4.28. The molecule has 0 aliphatic heterocycles. The van der Waals surface area contributed by atoms with Crippen molar-refractivity contribution in [1.29, 1.82) is 0 Å². The van der Waals surface area contributed by atoms with Crippen LogP contribution >= 0.6 is 11.6 Å². The number of aryl methyl sites for hydroxylation is 1. The first-order chi connectivity index (χ1) is 8.95. The molecule has 1 aromatic carbocycles. The fraction of sp³-hybridized carbons (Fsp3) is 0.250. The zero-order valence-corrected chi connectivity index (χ0v) is 12.1. The average molecular weight is 301 g/mol. The van der Waals surface area contributed by atoms with E-state index in [9.17, 15) is 8.42 Å². The van der Waals surface area contributed by atoms with Gasteiger partial charge in [0.15, 0.2) is 0 Å². The normalized spacial score (nSPS) is 11.5. The summed E-state index contributed by atoms with van der Waals surface area (Å²) in [6.45, 7) is 3.93. The van der Waals surface area contributed by atoms with Gasteiger partial charge in [0.25, 0.3) is 10.0 Å². The third kappa shape index (κ3) is 2.74. The summed E-state index contributed by atoms with van der Waals surface area (Å²) >= 11 is 5.93. The SMILES string of the molecule is CCOc1cc(S(=O)(=O)n2ccc(C)n2)ccc1Cl. The number of ether oxygens (including phenoxy) is 1. The molecule has 0 spiro atoms. The fourth-order valence-electron chi connectivity index (χ4n) is 1.55. The Balaban J connectivity index is 2.49. The Labute approximate surface area is 116 Å². The molecule has 0 saturated carbocycles. The van der Waals surface area contributed by atoms with E-state index in [0.29, 0.717) is 23.1 Å². The third-order valence-electron chi connectivity index (χ3n) is 2.45. The lowest BCUT2D eigenvalue weighted by Gasteiger charge is -2.09. The molecule has 5 nitrogen and oxygen atoms in total. The second-order valence-corrected chi connectivity index (χ2v) is 6.06. The van der Waals surface area contributed by atoms with Crippen LogP contribution in [0.3, 0.4) is 0 Å². The van der Waals surface area contributed by atoms with Crippen LogP contribution in [0.2, 0.25) is 5.02 Å². The highest BCUT2D eigenvalue weighted by Crippen LogP contribution is 2.28. The van der Waals surface area contributed by atoms with Gasteiger partial charge in [0.1, 0.15) is 5.75 Å². The molecule has 0 amide bonds. The highest BCUT2D eigenvalue weighted by molar-refractivity contribution is 7.89. The van der Waals surface area contributed by atoms with E-state index >= 15 is 0 Å². The zero-order valence-electron chi connectivity index (χ0n) is 10.5. The lowest BCUT2D eigenvalue weighted by atomic mass is 10.3. The van der Waals surface area contributed by atoms with E-state index in [1.165, 1.54) is 24.4 Å². The van der Waals surface area contributed by atoms with Gasteiger partial charge in [-0.25, -0.2) is 0 Å². The Morgan fingerprint density at radius 1 is 1.37 bits per heavy atom. The van der Waals surface area contributed by atoms with Gasteiger partial charge in [-0.1, -0.05) is 11.6 Å². The van der Waals surface area contributed by atoms with Crippen molar-refractivity contribution < 1.29 is 13.2 Å². The topological polar surface area (TPSA) is 61.2 Å². The Morgan fingerprint density at radius 2 is 2.11 bits per heavy atom. The maximum atomic E-state index is 12.3. The van der Waals surface area contributed by atoms with Crippen LogP contribution in [0.4, 0.5) is 0 Å². The number of rotatable bonds is 4. The summed E-state index contributed by atoms with van der Waals surface area (Å²) in [5.74, 6) is 0.342. The molecule has 1 aromatic heterocycles. The van der Waals surface area contributed by atoms with E-state index < -0.39 is 10.0 Å². The molecular formula is C12H13ClN2O3S. The third-order valence-corrected chi connectivity index (χ3v) is 4.30. The minimum Gasteiger partial charge on any atom is -0.492 e. The van der Waals surface area contributed by atoms with Crippen molar-refractivity contribution in [3.8, 4) is 5.75 Å². The lowest BCUT2D eigenvalue weighted by molar-refractivity contribution is 0.339. The standard InChI is InChI=1S/C12H13ClN2O3S/c1-3-18-12-8-10(4-5-11(12)13)19(16,17)15-7-6-9(2)14-15/h4-8H,3H2,1-2H3. The van der Waals surface area contributed by atoms with Crippen LogP contribution in [0.25, 0.3) is 0 Å². The molecule has 0 radical (unpaired) electrons. The first kappa shape index (κ1) is 13.9. The number of halogens is 1. The molecule has 0 aliphatic carbocycles. The van der Waals surface area contributed by atoms with Crippen LogP contribution < -0.4 is 4.74 Å². The van der Waals surface area contributed by atoms with Gasteiger partial charge in [0.05, 0.1) is 22.2 Å². The molecule has 0 bridgehead atoms. The summed E-state index contributed by atoms with van der Waals surface area (Å²) < 4.78 is 30.9. The Bertz CT molecular complexity index is 695. The van der Waals surface area contributed by atoms with Crippen molar-refractivity contribution in [3.63, 3.8) is 0 Å². The van der Waals surface area contributed by atoms with Crippen LogP contribution in [-0.2, 0) is 10.0 Å². The molecular weight excluding hydrogens is 288 g/mol. The lowest BCUT2D eigenvalue weighted by Crippen LogP contribution is -2.14. The minimum atomic E-state index is -3.71. The van der Waals surface area contributed by atoms with Gasteiger partial charge >= 0.3 is 0 Å². The predicted molar refractivity (Wildman–Crippen MR) is 72.2 cm³/mol. The first-order valence-corrected chi connectivity index (χ1v) is 7.47. The number of benzene rings is 1. The van der Waals surface area contributed by atoms with Gasteiger partial charge in [-0.15, -0.1) is 0 Å². The number of hydrogen-bond acceptors (Lipinski definition) is 4. The second kappa shape index (κ2) is 5.22. The molecule has 102 valence electrons. The number of nitrogens with zero attached hydrogens (tertiary/aromatic N) is 2. The van der Waals surface area contributed by atoms with Gasteiger partial charge < -0.3 is 4.74 Å². The van der Waals surface area contributed by atoms with Crippen LogP contribution in [0.5, 0.6) is 5.75 Å². The highest BCUT2D eigenvalue weighted by Gasteiger charge is 2.19. The summed E-state index contributed by atoms with van der Waals surface area (Å²) in [4.78, 5) is 0.0865. The molecule has 2 aromatic rings. The molecule has 0 fully saturated rings. The van der Waals surface area contributed by atoms with Crippen molar-refractivity contribution in [3.05, 3.63) is 41.2 Å². The van der Waals surface area contributed by atoms with Gasteiger partial charge in [-0.3, -0.25) is 0 Å². The van der Waals surface area contributed by atoms with Gasteiger partial charge in [0, 0.05) is 12.3 Å². The smallest absolute Gasteiger partial charge is 0.283 e. The van der Waals surface area contributed by atoms with Crippen LogP contribution in [0, 0.1) is 6.92 Å². The van der Waals surface area contributed by atoms with E-state index in [0.717, 1.165) is 4.09 Å². The molecule has 19 heavy (non-hydrogen) atoms. The van der Waals surface area contributed by atoms with Crippen molar-refractivity contribution in [2.75, 3.05) is 6.61 Å². The van der Waals surface area contributed by atoms with E-state index in [1.807, 2.05) is 0 Å². The minimum absolute atomic E-state index is 0.0865. The number of hydrogen-bond donors (Lipinski definition) is 0. The molecule has 0 unspecified atom stereocenters. The summed E-state index contributed by atoms with van der Waals surface area (Å²) in [6, 6.07) is 5.95. The Morgan fingerprint density at radius 3 is 2.68 bits per heavy atom. The molecule has 0 atom stereocenters. The molecule has 2 rings (SSSR count). The Hall–Kier alpha value is -1.53. The summed E-state index contributed by atoms with van der Waals surface area (Å²) in [6.07, 6.45) is 1.40. The highest BCUT2D eigenvalue weighted by atomic mass is 35.5. The van der Waals surface area contributed by atoms with Crippen molar-refractivity contribution in [2.24, 2.45) is 0 Å². The van der Waals surface area contributed by atoms with Crippen LogP contribution in [0.1, 0.15) is 12.6 Å². The quantitative estimate of drug-likeness (QED) is 0.870. The molecule has 0 N–H and O–H groups in total. The monoisotopic (exact) mass is 300 g/mol. The van der Waals surface area contributed by atoms with Crippen LogP contribution in [-0.4, -0.2) is 24.2 Å². The van der Waals surface area contributed by atoms with Crippen molar-refractivity contribution in [2.45, 2.75) is 18.7 Å². The maximum absolute atomic E-state index is 12.3. The van der Waals surface area contributed by atoms with E-state index in [-0.39, 0.29) is 4.90 Å². The maximum Gasteiger partial charge on any atom is 0.283 e. The summed E-state index contributed by atoms with van der Waals surface area (Å²) in [5.41, 5.74) is 0.627. The van der Waals surface area contributed by atoms with Crippen LogP contribution in [0.15, 0.2) is 35.4 Å². The van der Waals surface area contributed by atoms with E-state index in [1.54, 1.807) is 19.9 Å². The largest absolute Gasteiger partial charge is 0.492 e. The van der Waals surface area contributed by atoms with Gasteiger partial charge in [-0.2, -0.15) is 17.6 Å². The van der Waals surface area contributed by atoms with Crippen molar-refractivity contribution in [1.82, 2.24) is 9.19 Å². The average Bonchev–Trinajstić information content (AvgIpc) is 2.79. The Kier molecular flexibility index (Phi) is 3.82. The number of aromatic nitrogens is 2. The molecule has 7 heteroatoms. The van der Waals surface area contributed by atoms with Gasteiger partial charge in [-0.05, 0) is 32.0 Å². The first-order valence-electron chi connectivity index (χ1n) is 5.65. The van der Waals surface area contributed by atoms with E-state index in [4.69, 9.17) is 16.3 Å². The second-order valence-electron chi connectivity index (χ2n) is 3.86. The zero-order chi connectivity index (χ0) is 14.0. The summed E-state index contributed by atoms with van der Waals surface area (Å²) in [7, 11) is -3.71. The van der Waals surface area contributed by atoms with Crippen molar-refractivity contribution >= 4 is 21.6 Å². The molecule has 0 saturated heterocycles. The van der Waals surface area contributed by atoms with Gasteiger partial charge in [0.2, 0.25) is 0 Å².